The molecule has 1 aromatic rings. The van der Waals surface area contributed by atoms with Gasteiger partial charge >= 0.3 is 0 Å². The molecule has 0 aliphatic heterocycles. The summed E-state index contributed by atoms with van der Waals surface area (Å²) in [5, 5.41) is 2.76. The maximum absolute atomic E-state index is 13.9. The maximum atomic E-state index is 13.9. The molecule has 0 radical (unpaired) electrons. The summed E-state index contributed by atoms with van der Waals surface area (Å²) < 4.78 is 49.8. The first kappa shape index (κ1) is 15.0. The highest BCUT2D eigenvalue weighted by molar-refractivity contribution is 7.90. The Hall–Kier alpha value is -1.01. The van der Waals surface area contributed by atoms with Crippen molar-refractivity contribution >= 4 is 9.84 Å². The quantitative estimate of drug-likeness (QED) is 0.895. The van der Waals surface area contributed by atoms with Crippen LogP contribution in [0.15, 0.2) is 12.1 Å². The van der Waals surface area contributed by atoms with Crippen LogP contribution in [-0.2, 0) is 9.84 Å². The summed E-state index contributed by atoms with van der Waals surface area (Å²) in [5.74, 6) is -1.40. The van der Waals surface area contributed by atoms with Crippen LogP contribution in [0.2, 0.25) is 0 Å². The third kappa shape index (κ3) is 3.74. The number of aryl methyl sites for hydroxylation is 1. The van der Waals surface area contributed by atoms with Gasteiger partial charge in [-0.25, -0.2) is 17.2 Å². The maximum Gasteiger partial charge on any atom is 0.147 e. The summed E-state index contributed by atoms with van der Waals surface area (Å²) in [7, 11) is -1.61. The van der Waals surface area contributed by atoms with E-state index in [1.807, 2.05) is 0 Å². The molecule has 3 nitrogen and oxygen atoms in total. The van der Waals surface area contributed by atoms with Gasteiger partial charge in [-0.3, -0.25) is 0 Å². The van der Waals surface area contributed by atoms with Gasteiger partial charge in [0.25, 0.3) is 0 Å². The first-order valence-electron chi connectivity index (χ1n) is 5.55. The van der Waals surface area contributed by atoms with Crippen LogP contribution in [0.1, 0.15) is 23.6 Å². The van der Waals surface area contributed by atoms with E-state index < -0.39 is 27.5 Å². The predicted molar refractivity (Wildman–Crippen MR) is 67.2 cm³/mol. The number of benzene rings is 1. The van der Waals surface area contributed by atoms with Crippen molar-refractivity contribution in [2.24, 2.45) is 0 Å². The van der Waals surface area contributed by atoms with Crippen molar-refractivity contribution < 1.29 is 17.2 Å². The van der Waals surface area contributed by atoms with Crippen LogP contribution in [0, 0.1) is 18.6 Å². The molecular formula is C12H17F2NO2S. The fourth-order valence-corrected chi connectivity index (χ4v) is 2.43. The first-order chi connectivity index (χ1) is 8.26. The SMILES string of the molecule is CNC(CCS(C)(=O)=O)c1c(F)ccc(C)c1F. The van der Waals surface area contributed by atoms with Crippen LogP contribution in [0.5, 0.6) is 0 Å². The van der Waals surface area contributed by atoms with Gasteiger partial charge < -0.3 is 5.32 Å². The summed E-state index contributed by atoms with van der Waals surface area (Å²) in [4.78, 5) is 0. The Labute approximate surface area is 106 Å². The van der Waals surface area contributed by atoms with Crippen molar-refractivity contribution in [1.29, 1.82) is 0 Å². The molecule has 6 heteroatoms. The lowest BCUT2D eigenvalue weighted by Gasteiger charge is -2.18. The van der Waals surface area contributed by atoms with Crippen molar-refractivity contribution in [3.05, 3.63) is 34.9 Å². The van der Waals surface area contributed by atoms with E-state index in [4.69, 9.17) is 0 Å². The lowest BCUT2D eigenvalue weighted by atomic mass is 10.0. The number of halogens is 2. The van der Waals surface area contributed by atoms with Crippen LogP contribution < -0.4 is 5.32 Å². The number of hydrogen-bond donors (Lipinski definition) is 1. The predicted octanol–water partition coefficient (Wildman–Crippen LogP) is 1.97. The van der Waals surface area contributed by atoms with Gasteiger partial charge in [0.15, 0.2) is 0 Å². The fourth-order valence-electron chi connectivity index (χ4n) is 1.76. The molecule has 1 unspecified atom stereocenters. The molecule has 0 heterocycles. The zero-order valence-corrected chi connectivity index (χ0v) is 11.4. The van der Waals surface area contributed by atoms with E-state index in [0.717, 1.165) is 6.26 Å². The van der Waals surface area contributed by atoms with Crippen LogP contribution in [0.25, 0.3) is 0 Å². The highest BCUT2D eigenvalue weighted by Crippen LogP contribution is 2.25. The fraction of sp³-hybridized carbons (Fsp3) is 0.500. The van der Waals surface area contributed by atoms with Gasteiger partial charge in [0, 0.05) is 17.9 Å². The van der Waals surface area contributed by atoms with Gasteiger partial charge in [-0.15, -0.1) is 0 Å². The summed E-state index contributed by atoms with van der Waals surface area (Å²) in [6, 6.07) is 1.90. The van der Waals surface area contributed by atoms with E-state index >= 15 is 0 Å². The molecule has 0 aliphatic rings. The number of hydrogen-bond acceptors (Lipinski definition) is 3. The largest absolute Gasteiger partial charge is 0.313 e. The van der Waals surface area contributed by atoms with Gasteiger partial charge in [0.1, 0.15) is 21.5 Å². The second-order valence-corrected chi connectivity index (χ2v) is 6.61. The number of sulfone groups is 1. The number of nitrogens with one attached hydrogen (secondary N) is 1. The highest BCUT2D eigenvalue weighted by Gasteiger charge is 2.21. The van der Waals surface area contributed by atoms with Gasteiger partial charge in [0.2, 0.25) is 0 Å². The van der Waals surface area contributed by atoms with E-state index in [2.05, 4.69) is 5.32 Å². The highest BCUT2D eigenvalue weighted by atomic mass is 32.2. The van der Waals surface area contributed by atoms with Crippen LogP contribution in [-0.4, -0.2) is 27.5 Å². The molecule has 0 aromatic heterocycles. The van der Waals surface area contributed by atoms with Crippen molar-refractivity contribution in [3.63, 3.8) is 0 Å². The lowest BCUT2D eigenvalue weighted by Crippen LogP contribution is -2.22. The molecule has 0 fully saturated rings. The second kappa shape index (κ2) is 5.75. The third-order valence-electron chi connectivity index (χ3n) is 2.79. The Morgan fingerprint density at radius 1 is 1.33 bits per heavy atom. The Kier molecular flexibility index (Phi) is 4.81. The summed E-state index contributed by atoms with van der Waals surface area (Å²) >= 11 is 0. The van der Waals surface area contributed by atoms with E-state index in [9.17, 15) is 17.2 Å². The van der Waals surface area contributed by atoms with Gasteiger partial charge in [0.05, 0.1) is 5.75 Å². The topological polar surface area (TPSA) is 46.2 Å². The van der Waals surface area contributed by atoms with Gasteiger partial charge in [-0.1, -0.05) is 6.07 Å². The summed E-state index contributed by atoms with van der Waals surface area (Å²) in [5.41, 5.74) is 0.243. The minimum Gasteiger partial charge on any atom is -0.313 e. The Bertz CT molecular complexity index is 529. The normalized spacial score (nSPS) is 13.6. The minimum absolute atomic E-state index is 0.0962. The average molecular weight is 277 g/mol. The van der Waals surface area contributed by atoms with E-state index in [1.54, 1.807) is 14.0 Å². The van der Waals surface area contributed by atoms with Gasteiger partial charge in [-0.05, 0) is 32.0 Å². The molecular weight excluding hydrogens is 260 g/mol. The van der Waals surface area contributed by atoms with Crippen molar-refractivity contribution in [2.75, 3.05) is 19.1 Å². The molecule has 0 spiro atoms. The molecule has 1 atom stereocenters. The Morgan fingerprint density at radius 3 is 2.44 bits per heavy atom. The van der Waals surface area contributed by atoms with Crippen molar-refractivity contribution in [1.82, 2.24) is 5.32 Å². The third-order valence-corrected chi connectivity index (χ3v) is 3.77. The summed E-state index contributed by atoms with van der Waals surface area (Å²) in [6.07, 6.45) is 1.23. The zero-order valence-electron chi connectivity index (χ0n) is 10.6. The molecule has 1 rings (SSSR count). The molecule has 0 amide bonds. The molecule has 1 aromatic carbocycles. The van der Waals surface area contributed by atoms with E-state index in [-0.39, 0.29) is 17.7 Å². The molecule has 0 aliphatic carbocycles. The average Bonchev–Trinajstić information content (AvgIpc) is 2.27. The monoisotopic (exact) mass is 277 g/mol. The van der Waals surface area contributed by atoms with Crippen molar-refractivity contribution in [2.45, 2.75) is 19.4 Å². The van der Waals surface area contributed by atoms with Crippen LogP contribution in [0.3, 0.4) is 0 Å². The molecule has 18 heavy (non-hydrogen) atoms. The Balaban J connectivity index is 3.06. The first-order valence-corrected chi connectivity index (χ1v) is 7.62. The molecule has 0 saturated carbocycles. The second-order valence-electron chi connectivity index (χ2n) is 4.35. The minimum atomic E-state index is -3.16. The molecule has 102 valence electrons. The smallest absolute Gasteiger partial charge is 0.147 e. The van der Waals surface area contributed by atoms with Crippen molar-refractivity contribution in [3.8, 4) is 0 Å². The zero-order chi connectivity index (χ0) is 13.9. The molecule has 0 bridgehead atoms. The Morgan fingerprint density at radius 2 is 1.94 bits per heavy atom. The molecule has 0 saturated heterocycles. The van der Waals surface area contributed by atoms with E-state index in [1.165, 1.54) is 12.1 Å². The molecule has 1 N–H and O–H groups in total. The lowest BCUT2D eigenvalue weighted by molar-refractivity contribution is 0.478. The van der Waals surface area contributed by atoms with Crippen LogP contribution >= 0.6 is 0 Å². The number of rotatable bonds is 5. The standard InChI is InChI=1S/C12H17F2NO2S/c1-8-4-5-9(13)11(12(8)14)10(15-2)6-7-18(3,16)17/h4-5,10,15H,6-7H2,1-3H3. The van der Waals surface area contributed by atoms with Gasteiger partial charge in [-0.2, -0.15) is 0 Å². The van der Waals surface area contributed by atoms with E-state index in [0.29, 0.717) is 5.56 Å². The summed E-state index contributed by atoms with van der Waals surface area (Å²) in [6.45, 7) is 1.54. The van der Waals surface area contributed by atoms with Crippen LogP contribution in [0.4, 0.5) is 8.78 Å².